The van der Waals surface area contributed by atoms with Crippen LogP contribution in [0.15, 0.2) is 24.3 Å². The molecule has 0 saturated carbocycles. The van der Waals surface area contributed by atoms with Crippen LogP contribution in [-0.4, -0.2) is 42.1 Å². The number of aryl methyl sites for hydroxylation is 1. The lowest BCUT2D eigenvalue weighted by Gasteiger charge is -2.30. The zero-order valence-electron chi connectivity index (χ0n) is 14.6. The van der Waals surface area contributed by atoms with Crippen LogP contribution in [-0.2, 0) is 9.53 Å². The van der Waals surface area contributed by atoms with Crippen molar-refractivity contribution in [2.75, 3.05) is 18.5 Å². The van der Waals surface area contributed by atoms with Crippen molar-refractivity contribution >= 4 is 17.7 Å². The Morgan fingerprint density at radius 3 is 2.61 bits per heavy atom. The van der Waals surface area contributed by atoms with Crippen LogP contribution in [0, 0.1) is 6.92 Å². The molecule has 0 N–H and O–H groups in total. The Kier molecular flexibility index (Phi) is 4.97. The van der Waals surface area contributed by atoms with Crippen molar-refractivity contribution in [3.05, 3.63) is 29.8 Å². The summed E-state index contributed by atoms with van der Waals surface area (Å²) in [5, 5.41) is 0. The zero-order chi connectivity index (χ0) is 17.2. The van der Waals surface area contributed by atoms with E-state index in [0.29, 0.717) is 13.0 Å². The van der Waals surface area contributed by atoms with Crippen molar-refractivity contribution in [3.63, 3.8) is 0 Å². The molecule has 1 atom stereocenters. The van der Waals surface area contributed by atoms with Gasteiger partial charge in [-0.3, -0.25) is 9.69 Å². The van der Waals surface area contributed by atoms with E-state index in [0.717, 1.165) is 17.7 Å². The number of anilines is 1. The van der Waals surface area contributed by atoms with Crippen molar-refractivity contribution in [2.45, 2.75) is 52.2 Å². The van der Waals surface area contributed by atoms with Crippen molar-refractivity contribution in [1.82, 2.24) is 4.90 Å². The fourth-order valence-corrected chi connectivity index (χ4v) is 2.75. The minimum Gasteiger partial charge on any atom is -0.444 e. The summed E-state index contributed by atoms with van der Waals surface area (Å²) >= 11 is 0. The predicted molar refractivity (Wildman–Crippen MR) is 90.6 cm³/mol. The monoisotopic (exact) mass is 318 g/mol. The van der Waals surface area contributed by atoms with Crippen LogP contribution in [0.2, 0.25) is 0 Å². The molecule has 1 aliphatic heterocycles. The van der Waals surface area contributed by atoms with Crippen LogP contribution >= 0.6 is 0 Å². The topological polar surface area (TPSA) is 49.9 Å². The minimum absolute atomic E-state index is 0.0704. The molecule has 1 aromatic rings. The Labute approximate surface area is 138 Å². The maximum absolute atomic E-state index is 12.8. The molecule has 0 bridgehead atoms. The zero-order valence-corrected chi connectivity index (χ0v) is 14.6. The summed E-state index contributed by atoms with van der Waals surface area (Å²) in [7, 11) is 1.75. The normalized spacial score (nSPS) is 18.0. The van der Waals surface area contributed by atoms with Gasteiger partial charge in [0, 0.05) is 19.3 Å². The predicted octanol–water partition coefficient (Wildman–Crippen LogP) is 3.36. The van der Waals surface area contributed by atoms with Gasteiger partial charge in [0.2, 0.25) is 5.91 Å². The molecule has 126 valence electrons. The van der Waals surface area contributed by atoms with Crippen LogP contribution in [0.1, 0.15) is 39.2 Å². The maximum atomic E-state index is 12.8. The second-order valence-electron chi connectivity index (χ2n) is 7.07. The number of amides is 2. The second kappa shape index (κ2) is 6.60. The first-order valence-corrected chi connectivity index (χ1v) is 8.03. The van der Waals surface area contributed by atoms with Crippen molar-refractivity contribution in [2.24, 2.45) is 0 Å². The Morgan fingerprint density at radius 2 is 2.00 bits per heavy atom. The maximum Gasteiger partial charge on any atom is 0.410 e. The largest absolute Gasteiger partial charge is 0.444 e. The molecule has 1 unspecified atom stereocenters. The molecule has 5 heteroatoms. The van der Waals surface area contributed by atoms with E-state index in [4.69, 9.17) is 4.74 Å². The van der Waals surface area contributed by atoms with E-state index in [-0.39, 0.29) is 5.91 Å². The van der Waals surface area contributed by atoms with E-state index in [2.05, 4.69) is 0 Å². The minimum atomic E-state index is -0.560. The van der Waals surface area contributed by atoms with Crippen LogP contribution in [0.3, 0.4) is 0 Å². The summed E-state index contributed by atoms with van der Waals surface area (Å²) in [5.74, 6) is -0.0704. The fourth-order valence-electron chi connectivity index (χ4n) is 2.75. The van der Waals surface area contributed by atoms with E-state index < -0.39 is 17.7 Å². The van der Waals surface area contributed by atoms with Crippen molar-refractivity contribution in [1.29, 1.82) is 0 Å². The van der Waals surface area contributed by atoms with Crippen LogP contribution in [0.25, 0.3) is 0 Å². The third kappa shape index (κ3) is 4.24. The van der Waals surface area contributed by atoms with Gasteiger partial charge in [-0.05, 0) is 58.2 Å². The molecule has 5 nitrogen and oxygen atoms in total. The highest BCUT2D eigenvalue weighted by Gasteiger charge is 2.38. The molecule has 1 aromatic carbocycles. The SMILES string of the molecule is Cc1cccc(N(C)C(=O)C2CCCN2C(=O)OC(C)(C)C)c1. The molecule has 0 spiro atoms. The molecule has 2 amide bonds. The summed E-state index contributed by atoms with van der Waals surface area (Å²) in [6, 6.07) is 7.33. The van der Waals surface area contributed by atoms with Gasteiger partial charge in [-0.25, -0.2) is 4.79 Å². The number of likely N-dealkylation sites (tertiary alicyclic amines) is 1. The number of nitrogens with zero attached hydrogens (tertiary/aromatic N) is 2. The van der Waals surface area contributed by atoms with Gasteiger partial charge >= 0.3 is 6.09 Å². The highest BCUT2D eigenvalue weighted by molar-refractivity contribution is 5.98. The van der Waals surface area contributed by atoms with Gasteiger partial charge in [0.1, 0.15) is 11.6 Å². The summed E-state index contributed by atoms with van der Waals surface area (Å²) < 4.78 is 5.42. The Bertz CT molecular complexity index is 592. The molecule has 2 rings (SSSR count). The highest BCUT2D eigenvalue weighted by atomic mass is 16.6. The summed E-state index contributed by atoms with van der Waals surface area (Å²) in [6.45, 7) is 8.04. The molecule has 0 aliphatic carbocycles. The number of likely N-dealkylation sites (N-methyl/N-ethyl adjacent to an activating group) is 1. The first-order chi connectivity index (χ1) is 10.7. The lowest BCUT2D eigenvalue weighted by atomic mass is 10.1. The van der Waals surface area contributed by atoms with E-state index in [1.165, 1.54) is 0 Å². The van der Waals surface area contributed by atoms with E-state index in [9.17, 15) is 9.59 Å². The Hall–Kier alpha value is -2.04. The highest BCUT2D eigenvalue weighted by Crippen LogP contribution is 2.24. The van der Waals surface area contributed by atoms with Gasteiger partial charge < -0.3 is 9.64 Å². The fraction of sp³-hybridized carbons (Fsp3) is 0.556. The molecule has 1 aliphatic rings. The van der Waals surface area contributed by atoms with Gasteiger partial charge in [0.05, 0.1) is 0 Å². The smallest absolute Gasteiger partial charge is 0.410 e. The summed E-state index contributed by atoms with van der Waals surface area (Å²) in [5.41, 5.74) is 1.37. The number of hydrogen-bond donors (Lipinski definition) is 0. The van der Waals surface area contributed by atoms with Crippen molar-refractivity contribution < 1.29 is 14.3 Å². The third-order valence-electron chi connectivity index (χ3n) is 3.89. The molecular formula is C18H26N2O3. The summed E-state index contributed by atoms with van der Waals surface area (Å²) in [4.78, 5) is 28.3. The van der Waals surface area contributed by atoms with Gasteiger partial charge in [-0.1, -0.05) is 12.1 Å². The lowest BCUT2D eigenvalue weighted by molar-refractivity contribution is -0.122. The molecule has 23 heavy (non-hydrogen) atoms. The first kappa shape index (κ1) is 17.3. The van der Waals surface area contributed by atoms with E-state index in [1.807, 2.05) is 52.0 Å². The van der Waals surface area contributed by atoms with Crippen LogP contribution in [0.5, 0.6) is 0 Å². The number of ether oxygens (including phenoxy) is 1. The number of carbonyl (C=O) groups excluding carboxylic acids is 2. The average Bonchev–Trinajstić information content (AvgIpc) is 2.93. The molecule has 1 heterocycles. The van der Waals surface area contributed by atoms with E-state index in [1.54, 1.807) is 16.8 Å². The van der Waals surface area contributed by atoms with Gasteiger partial charge in [-0.2, -0.15) is 0 Å². The van der Waals surface area contributed by atoms with E-state index >= 15 is 0 Å². The molecule has 0 radical (unpaired) electrons. The number of benzene rings is 1. The number of hydrogen-bond acceptors (Lipinski definition) is 3. The second-order valence-corrected chi connectivity index (χ2v) is 7.07. The standard InChI is InChI=1S/C18H26N2O3/c1-13-8-6-9-14(12-13)19(5)16(21)15-10-7-11-20(15)17(22)23-18(2,3)4/h6,8-9,12,15H,7,10-11H2,1-5H3. The molecule has 0 aromatic heterocycles. The Balaban J connectivity index is 2.12. The third-order valence-corrected chi connectivity index (χ3v) is 3.89. The molecular weight excluding hydrogens is 292 g/mol. The van der Waals surface area contributed by atoms with Gasteiger partial charge in [-0.15, -0.1) is 0 Å². The molecule has 1 fully saturated rings. The number of carbonyl (C=O) groups is 2. The quantitative estimate of drug-likeness (QED) is 0.840. The lowest BCUT2D eigenvalue weighted by Crippen LogP contribution is -2.48. The van der Waals surface area contributed by atoms with Gasteiger partial charge in [0.25, 0.3) is 0 Å². The number of rotatable bonds is 2. The van der Waals surface area contributed by atoms with Crippen LogP contribution in [0.4, 0.5) is 10.5 Å². The Morgan fingerprint density at radius 1 is 1.30 bits per heavy atom. The summed E-state index contributed by atoms with van der Waals surface area (Å²) in [6.07, 6.45) is 1.08. The molecule has 1 saturated heterocycles. The first-order valence-electron chi connectivity index (χ1n) is 8.03. The average molecular weight is 318 g/mol. The van der Waals surface area contributed by atoms with Crippen LogP contribution < -0.4 is 4.90 Å². The van der Waals surface area contributed by atoms with Gasteiger partial charge in [0.15, 0.2) is 0 Å². The van der Waals surface area contributed by atoms with Crippen molar-refractivity contribution in [3.8, 4) is 0 Å².